The van der Waals surface area contributed by atoms with Gasteiger partial charge in [-0.2, -0.15) is 0 Å². The van der Waals surface area contributed by atoms with Gasteiger partial charge >= 0.3 is 5.97 Å². The maximum absolute atomic E-state index is 11.3. The Morgan fingerprint density at radius 1 is 0.840 bits per heavy atom. The Hall–Kier alpha value is -0.506. The number of carbonyl (C=O) groups excluding carboxylic acids is 2. The fourth-order valence-electron chi connectivity index (χ4n) is 2.72. The van der Waals surface area contributed by atoms with Crippen molar-refractivity contribution < 1.29 is 23.2 Å². The predicted molar refractivity (Wildman–Crippen MR) is 107 cm³/mol. The molecule has 0 saturated carbocycles. The standard InChI is InChI=1S/C18H38O5Si2/c1-7-8-15-24(3,4)23-25(5,6)16-9-12-21-13-14-22-18(20)11-10-17(2)19/h7-16H2,1-6H3. The summed E-state index contributed by atoms with van der Waals surface area (Å²) in [4.78, 5) is 22.1. The number of hydrogen-bond donors (Lipinski definition) is 0. The molecule has 0 aliphatic rings. The van der Waals surface area contributed by atoms with Crippen molar-refractivity contribution in [3.8, 4) is 0 Å². The highest BCUT2D eigenvalue weighted by molar-refractivity contribution is 6.84. The molecule has 0 spiro atoms. The molecule has 5 nitrogen and oxygen atoms in total. The van der Waals surface area contributed by atoms with Crippen LogP contribution < -0.4 is 0 Å². The number of Topliss-reactive ketones (excluding diaryl/α,β-unsaturated/α-hetero) is 1. The lowest BCUT2D eigenvalue weighted by atomic mass is 10.2. The molecule has 0 amide bonds. The van der Waals surface area contributed by atoms with Gasteiger partial charge in [0, 0.05) is 13.0 Å². The summed E-state index contributed by atoms with van der Waals surface area (Å²) in [5.74, 6) is -0.330. The molecule has 0 N–H and O–H groups in total. The third-order valence-electron chi connectivity index (χ3n) is 3.92. The molecule has 0 radical (unpaired) electrons. The smallest absolute Gasteiger partial charge is 0.306 e. The van der Waals surface area contributed by atoms with E-state index in [0.717, 1.165) is 12.5 Å². The Bertz CT molecular complexity index is 397. The SMILES string of the molecule is CCCC[Si](C)(C)O[Si](C)(C)CCCOCCOC(=O)CCC(C)=O. The summed E-state index contributed by atoms with van der Waals surface area (Å²) >= 11 is 0. The first kappa shape index (κ1) is 24.5. The van der Waals surface area contributed by atoms with Crippen LogP contribution in [0, 0.1) is 0 Å². The molecule has 0 bridgehead atoms. The summed E-state index contributed by atoms with van der Waals surface area (Å²) in [5.41, 5.74) is 0. The van der Waals surface area contributed by atoms with Crippen molar-refractivity contribution in [2.45, 2.75) is 84.2 Å². The van der Waals surface area contributed by atoms with E-state index in [2.05, 4.69) is 33.1 Å². The molecule has 0 atom stereocenters. The average Bonchev–Trinajstić information content (AvgIpc) is 2.49. The molecule has 0 fully saturated rings. The summed E-state index contributed by atoms with van der Waals surface area (Å²) in [5, 5.41) is 0. The first-order valence-electron chi connectivity index (χ1n) is 9.51. The Morgan fingerprint density at radius 2 is 1.44 bits per heavy atom. The largest absolute Gasteiger partial charge is 0.463 e. The molecule has 0 aromatic carbocycles. The van der Waals surface area contributed by atoms with Gasteiger partial charge in [-0.1, -0.05) is 19.8 Å². The second kappa shape index (κ2) is 12.8. The molecule has 0 saturated heterocycles. The molecule has 0 aliphatic heterocycles. The molecular formula is C18H38O5Si2. The van der Waals surface area contributed by atoms with Gasteiger partial charge in [0.25, 0.3) is 0 Å². The molecule has 0 rings (SSSR count). The van der Waals surface area contributed by atoms with Crippen LogP contribution in [0.3, 0.4) is 0 Å². The second-order valence-corrected chi connectivity index (χ2v) is 16.7. The van der Waals surface area contributed by atoms with E-state index >= 15 is 0 Å². The van der Waals surface area contributed by atoms with Crippen molar-refractivity contribution in [2.24, 2.45) is 0 Å². The van der Waals surface area contributed by atoms with E-state index in [0.29, 0.717) is 13.2 Å². The quantitative estimate of drug-likeness (QED) is 0.233. The third kappa shape index (κ3) is 15.5. The highest BCUT2D eigenvalue weighted by atomic mass is 28.4. The van der Waals surface area contributed by atoms with Gasteiger partial charge in [-0.3, -0.25) is 4.79 Å². The normalized spacial score (nSPS) is 12.2. The monoisotopic (exact) mass is 390 g/mol. The Labute approximate surface area is 156 Å². The molecule has 148 valence electrons. The molecule has 0 aromatic rings. The van der Waals surface area contributed by atoms with Gasteiger partial charge in [0.05, 0.1) is 13.0 Å². The zero-order valence-electron chi connectivity index (χ0n) is 17.1. The van der Waals surface area contributed by atoms with E-state index in [1.807, 2.05) is 0 Å². The second-order valence-electron chi connectivity index (χ2n) is 7.86. The van der Waals surface area contributed by atoms with Crippen molar-refractivity contribution in [2.75, 3.05) is 19.8 Å². The van der Waals surface area contributed by atoms with Gasteiger partial charge in [-0.05, 0) is 51.6 Å². The van der Waals surface area contributed by atoms with Crippen molar-refractivity contribution in [1.82, 2.24) is 0 Å². The third-order valence-corrected chi connectivity index (χ3v) is 11.5. The van der Waals surface area contributed by atoms with Gasteiger partial charge in [0.2, 0.25) is 0 Å². The van der Waals surface area contributed by atoms with Crippen molar-refractivity contribution in [3.05, 3.63) is 0 Å². The first-order chi connectivity index (χ1) is 11.6. The lowest BCUT2D eigenvalue weighted by Crippen LogP contribution is -2.44. The van der Waals surface area contributed by atoms with Gasteiger partial charge in [-0.25, -0.2) is 0 Å². The topological polar surface area (TPSA) is 61.8 Å². The Balaban J connectivity index is 3.75. The number of carbonyl (C=O) groups is 2. The highest BCUT2D eigenvalue weighted by Gasteiger charge is 2.31. The van der Waals surface area contributed by atoms with Crippen LogP contribution >= 0.6 is 0 Å². The van der Waals surface area contributed by atoms with Crippen LogP contribution in [0.5, 0.6) is 0 Å². The van der Waals surface area contributed by atoms with Crippen LogP contribution in [0.2, 0.25) is 38.3 Å². The number of ether oxygens (including phenoxy) is 2. The van der Waals surface area contributed by atoms with Gasteiger partial charge in [-0.15, -0.1) is 0 Å². The minimum absolute atomic E-state index is 0.00290. The van der Waals surface area contributed by atoms with Crippen LogP contribution in [0.25, 0.3) is 0 Å². The van der Waals surface area contributed by atoms with Crippen LogP contribution in [0.4, 0.5) is 0 Å². The first-order valence-corrected chi connectivity index (χ1v) is 15.7. The van der Waals surface area contributed by atoms with E-state index in [9.17, 15) is 9.59 Å². The van der Waals surface area contributed by atoms with Gasteiger partial charge in [0.1, 0.15) is 12.4 Å². The van der Waals surface area contributed by atoms with Crippen LogP contribution in [0.1, 0.15) is 46.0 Å². The molecular weight excluding hydrogens is 352 g/mol. The number of esters is 1. The van der Waals surface area contributed by atoms with Crippen LogP contribution in [-0.2, 0) is 23.2 Å². The summed E-state index contributed by atoms with van der Waals surface area (Å²) in [7, 11) is -3.16. The number of hydrogen-bond acceptors (Lipinski definition) is 5. The lowest BCUT2D eigenvalue weighted by Gasteiger charge is -2.34. The van der Waals surface area contributed by atoms with Crippen molar-refractivity contribution in [3.63, 3.8) is 0 Å². The molecule has 7 heteroatoms. The summed E-state index contributed by atoms with van der Waals surface area (Å²) in [6.45, 7) is 14.3. The van der Waals surface area contributed by atoms with Crippen LogP contribution in [-0.4, -0.2) is 48.2 Å². The number of ketones is 1. The molecule has 25 heavy (non-hydrogen) atoms. The van der Waals surface area contributed by atoms with E-state index < -0.39 is 16.6 Å². The predicted octanol–water partition coefficient (Wildman–Crippen LogP) is 4.53. The Kier molecular flexibility index (Phi) is 12.5. The van der Waals surface area contributed by atoms with Gasteiger partial charge < -0.3 is 18.4 Å². The minimum Gasteiger partial charge on any atom is -0.463 e. The summed E-state index contributed by atoms with van der Waals surface area (Å²) in [6.07, 6.45) is 3.88. The number of unbranched alkanes of at least 4 members (excludes halogenated alkanes) is 1. The molecule has 0 aliphatic carbocycles. The van der Waals surface area contributed by atoms with Crippen molar-refractivity contribution in [1.29, 1.82) is 0 Å². The van der Waals surface area contributed by atoms with E-state index in [1.54, 1.807) is 0 Å². The summed E-state index contributed by atoms with van der Waals surface area (Å²) < 4.78 is 17.1. The molecule has 0 heterocycles. The fourth-order valence-corrected chi connectivity index (χ4v) is 11.7. The maximum Gasteiger partial charge on any atom is 0.306 e. The zero-order valence-corrected chi connectivity index (χ0v) is 19.1. The minimum atomic E-state index is -1.63. The zero-order chi connectivity index (χ0) is 19.3. The molecule has 0 unspecified atom stereocenters. The van der Waals surface area contributed by atoms with Gasteiger partial charge in [0.15, 0.2) is 16.6 Å². The average molecular weight is 391 g/mol. The van der Waals surface area contributed by atoms with Crippen molar-refractivity contribution >= 4 is 28.4 Å². The molecule has 0 aromatic heterocycles. The highest BCUT2D eigenvalue weighted by Crippen LogP contribution is 2.24. The van der Waals surface area contributed by atoms with E-state index in [-0.39, 0.29) is 31.2 Å². The number of rotatable bonds is 15. The lowest BCUT2D eigenvalue weighted by molar-refractivity contribution is -0.146. The fraction of sp³-hybridized carbons (Fsp3) is 0.889. The maximum atomic E-state index is 11.3. The Morgan fingerprint density at radius 3 is 2.00 bits per heavy atom. The van der Waals surface area contributed by atoms with E-state index in [1.165, 1.54) is 25.8 Å². The van der Waals surface area contributed by atoms with E-state index in [4.69, 9.17) is 13.6 Å². The summed E-state index contributed by atoms with van der Waals surface area (Å²) in [6, 6.07) is 2.33. The van der Waals surface area contributed by atoms with Crippen LogP contribution in [0.15, 0.2) is 0 Å².